The molecule has 3 rings (SSSR count). The van der Waals surface area contributed by atoms with E-state index in [1.54, 1.807) is 0 Å². The molecular weight excluding hydrogens is 258 g/mol. The number of hydrogen-bond donors (Lipinski definition) is 1. The minimum Gasteiger partial charge on any atom is -0.303 e. The molecule has 2 heteroatoms. The smallest absolute Gasteiger partial charge is 0.154 e. The first-order valence-corrected chi connectivity index (χ1v) is 7.53. The van der Waals surface area contributed by atoms with Crippen LogP contribution in [0.3, 0.4) is 0 Å². The number of ketones is 1. The monoisotopic (exact) mass is 279 g/mol. The van der Waals surface area contributed by atoms with Gasteiger partial charge in [-0.25, -0.2) is 0 Å². The van der Waals surface area contributed by atoms with Gasteiger partial charge in [0.1, 0.15) is 0 Å². The molecule has 0 spiro atoms. The molecule has 1 aliphatic rings. The maximum Gasteiger partial charge on any atom is 0.154 e. The molecular formula is C19H21NO. The van der Waals surface area contributed by atoms with E-state index in [1.165, 1.54) is 27.8 Å². The molecule has 0 aliphatic carbocycles. The molecule has 0 bridgehead atoms. The van der Waals surface area contributed by atoms with Crippen molar-refractivity contribution in [2.24, 2.45) is 0 Å². The van der Waals surface area contributed by atoms with Crippen LogP contribution in [-0.4, -0.2) is 11.8 Å². The number of carbonyl (C=O) groups is 1. The molecule has 0 saturated carbocycles. The number of Topliss-reactive ketones (excluding diaryl/α,β-unsaturated/α-hetero) is 1. The van der Waals surface area contributed by atoms with Crippen LogP contribution in [0.1, 0.15) is 27.8 Å². The maximum atomic E-state index is 12.6. The van der Waals surface area contributed by atoms with Gasteiger partial charge in [0.25, 0.3) is 0 Å². The summed E-state index contributed by atoms with van der Waals surface area (Å²) >= 11 is 0. The number of hydrogen-bond acceptors (Lipinski definition) is 2. The Morgan fingerprint density at radius 2 is 1.71 bits per heavy atom. The highest BCUT2D eigenvalue weighted by atomic mass is 16.1. The molecule has 0 saturated heterocycles. The third kappa shape index (κ3) is 2.91. The van der Waals surface area contributed by atoms with Gasteiger partial charge in [0.2, 0.25) is 0 Å². The van der Waals surface area contributed by atoms with Crippen molar-refractivity contribution < 1.29 is 4.79 Å². The van der Waals surface area contributed by atoms with E-state index in [4.69, 9.17) is 0 Å². The summed E-state index contributed by atoms with van der Waals surface area (Å²) in [6.07, 6.45) is 1.33. The van der Waals surface area contributed by atoms with E-state index in [9.17, 15) is 4.79 Å². The van der Waals surface area contributed by atoms with Crippen LogP contribution in [0, 0.1) is 13.8 Å². The van der Waals surface area contributed by atoms with Gasteiger partial charge in [-0.15, -0.1) is 0 Å². The van der Waals surface area contributed by atoms with Crippen LogP contribution in [0.25, 0.3) is 0 Å². The highest BCUT2D eigenvalue weighted by Crippen LogP contribution is 2.19. The zero-order valence-electron chi connectivity index (χ0n) is 12.6. The second kappa shape index (κ2) is 5.82. The molecule has 0 fully saturated rings. The molecule has 0 amide bonds. The molecule has 0 radical (unpaired) electrons. The summed E-state index contributed by atoms with van der Waals surface area (Å²) in [5.74, 6) is 0.293. The van der Waals surface area contributed by atoms with Crippen molar-refractivity contribution in [3.8, 4) is 0 Å². The fraction of sp³-hybridized carbons (Fsp3) is 0.316. The first-order chi connectivity index (χ1) is 10.1. The molecule has 2 aromatic rings. The highest BCUT2D eigenvalue weighted by Gasteiger charge is 2.24. The van der Waals surface area contributed by atoms with Crippen molar-refractivity contribution in [1.29, 1.82) is 0 Å². The Hall–Kier alpha value is -1.93. The number of fused-ring (bicyclic) bond motifs is 1. The van der Waals surface area contributed by atoms with Crippen molar-refractivity contribution in [2.45, 2.75) is 39.3 Å². The third-order valence-electron chi connectivity index (χ3n) is 4.47. The number of rotatable bonds is 3. The van der Waals surface area contributed by atoms with Crippen LogP contribution < -0.4 is 5.32 Å². The van der Waals surface area contributed by atoms with Gasteiger partial charge in [-0.05, 0) is 48.1 Å². The Bertz CT molecular complexity index is 655. The lowest BCUT2D eigenvalue weighted by Crippen LogP contribution is -2.42. The summed E-state index contributed by atoms with van der Waals surface area (Å²) in [4.78, 5) is 12.6. The van der Waals surface area contributed by atoms with Crippen LogP contribution in [0.2, 0.25) is 0 Å². The van der Waals surface area contributed by atoms with Gasteiger partial charge < -0.3 is 5.32 Å². The number of benzene rings is 2. The van der Waals surface area contributed by atoms with Crippen LogP contribution in [0.15, 0.2) is 42.5 Å². The van der Waals surface area contributed by atoms with Gasteiger partial charge >= 0.3 is 0 Å². The summed E-state index contributed by atoms with van der Waals surface area (Å²) in [6.45, 7) is 4.96. The van der Waals surface area contributed by atoms with E-state index in [-0.39, 0.29) is 6.04 Å². The lowest BCUT2D eigenvalue weighted by Gasteiger charge is -2.25. The minimum absolute atomic E-state index is 0.0566. The predicted octanol–water partition coefficient (Wildman–Crippen LogP) is 3.13. The summed E-state index contributed by atoms with van der Waals surface area (Å²) in [6, 6.07) is 14.5. The molecule has 1 unspecified atom stereocenters. The van der Waals surface area contributed by atoms with Crippen molar-refractivity contribution in [2.75, 3.05) is 0 Å². The zero-order valence-corrected chi connectivity index (χ0v) is 12.6. The molecule has 1 aliphatic heterocycles. The van der Waals surface area contributed by atoms with E-state index in [0.29, 0.717) is 12.2 Å². The van der Waals surface area contributed by atoms with Gasteiger partial charge in [0.05, 0.1) is 6.04 Å². The predicted molar refractivity (Wildman–Crippen MR) is 85.4 cm³/mol. The quantitative estimate of drug-likeness (QED) is 0.935. The second-order valence-electron chi connectivity index (χ2n) is 5.92. The minimum atomic E-state index is -0.0566. The Morgan fingerprint density at radius 1 is 1.05 bits per heavy atom. The molecule has 1 atom stereocenters. The number of carbonyl (C=O) groups excluding carboxylic acids is 1. The van der Waals surface area contributed by atoms with Crippen molar-refractivity contribution >= 4 is 5.78 Å². The molecule has 108 valence electrons. The fourth-order valence-corrected chi connectivity index (χ4v) is 3.11. The molecule has 1 heterocycles. The fourth-order valence-electron chi connectivity index (χ4n) is 3.11. The first-order valence-electron chi connectivity index (χ1n) is 7.53. The van der Waals surface area contributed by atoms with Crippen LogP contribution in [-0.2, 0) is 24.2 Å². The van der Waals surface area contributed by atoms with E-state index >= 15 is 0 Å². The normalized spacial score (nSPS) is 17.3. The number of nitrogens with one attached hydrogen (secondary N) is 1. The molecule has 0 aromatic heterocycles. The van der Waals surface area contributed by atoms with E-state index in [2.05, 4.69) is 55.6 Å². The van der Waals surface area contributed by atoms with Gasteiger partial charge in [0.15, 0.2) is 5.78 Å². The topological polar surface area (TPSA) is 29.1 Å². The van der Waals surface area contributed by atoms with Gasteiger partial charge in [0, 0.05) is 13.0 Å². The van der Waals surface area contributed by atoms with Crippen molar-refractivity contribution in [3.63, 3.8) is 0 Å². The van der Waals surface area contributed by atoms with E-state index < -0.39 is 0 Å². The van der Waals surface area contributed by atoms with Crippen molar-refractivity contribution in [3.05, 3.63) is 70.3 Å². The van der Waals surface area contributed by atoms with Gasteiger partial charge in [-0.3, -0.25) is 4.79 Å². The Kier molecular flexibility index (Phi) is 3.89. The lowest BCUT2D eigenvalue weighted by molar-refractivity contribution is -0.120. The summed E-state index contributed by atoms with van der Waals surface area (Å²) < 4.78 is 0. The average molecular weight is 279 g/mol. The highest BCUT2D eigenvalue weighted by molar-refractivity contribution is 5.87. The average Bonchev–Trinajstić information content (AvgIpc) is 2.50. The summed E-state index contributed by atoms with van der Waals surface area (Å²) in [5.41, 5.74) is 6.21. The standard InChI is InChI=1S/C19H21NO/c1-13-6-5-7-14(2)17(13)11-19(21)18-10-15-8-3-4-9-16(15)12-20-18/h3-9,18,20H,10-12H2,1-2H3. The van der Waals surface area contributed by atoms with Crippen LogP contribution >= 0.6 is 0 Å². The van der Waals surface area contributed by atoms with E-state index in [0.717, 1.165) is 13.0 Å². The summed E-state index contributed by atoms with van der Waals surface area (Å²) in [7, 11) is 0. The lowest BCUT2D eigenvalue weighted by atomic mass is 9.90. The maximum absolute atomic E-state index is 12.6. The second-order valence-corrected chi connectivity index (χ2v) is 5.92. The van der Waals surface area contributed by atoms with E-state index in [1.807, 2.05) is 6.07 Å². The molecule has 2 nitrogen and oxygen atoms in total. The largest absolute Gasteiger partial charge is 0.303 e. The van der Waals surface area contributed by atoms with Crippen LogP contribution in [0.4, 0.5) is 0 Å². The molecule has 1 N–H and O–H groups in total. The zero-order chi connectivity index (χ0) is 14.8. The Labute approximate surface area is 126 Å². The van der Waals surface area contributed by atoms with Gasteiger partial charge in [-0.2, -0.15) is 0 Å². The van der Waals surface area contributed by atoms with Gasteiger partial charge in [-0.1, -0.05) is 42.5 Å². The Morgan fingerprint density at radius 3 is 2.43 bits per heavy atom. The Balaban J connectivity index is 1.76. The molecule has 21 heavy (non-hydrogen) atoms. The van der Waals surface area contributed by atoms with Crippen molar-refractivity contribution in [1.82, 2.24) is 5.32 Å². The van der Waals surface area contributed by atoms with Crippen LogP contribution in [0.5, 0.6) is 0 Å². The molecule has 2 aromatic carbocycles. The number of aryl methyl sites for hydroxylation is 2. The SMILES string of the molecule is Cc1cccc(C)c1CC(=O)C1Cc2ccccc2CN1. The summed E-state index contributed by atoms with van der Waals surface area (Å²) in [5, 5.41) is 3.38. The third-order valence-corrected chi connectivity index (χ3v) is 4.47. The first kappa shape index (κ1) is 14.0.